The quantitative estimate of drug-likeness (QED) is 0.669. The van der Waals surface area contributed by atoms with Gasteiger partial charge in [-0.1, -0.05) is 51.1 Å². The number of benzene rings is 2. The minimum absolute atomic E-state index is 0.106. The second-order valence-corrected chi connectivity index (χ2v) is 8.27. The van der Waals surface area contributed by atoms with E-state index in [1.165, 1.54) is 5.56 Å². The van der Waals surface area contributed by atoms with Gasteiger partial charge in [0, 0.05) is 17.1 Å². The number of halogens is 1. The molecule has 2 unspecified atom stereocenters. The van der Waals surface area contributed by atoms with Crippen LogP contribution in [0.2, 0.25) is 0 Å². The predicted octanol–water partition coefficient (Wildman–Crippen LogP) is 5.50. The lowest BCUT2D eigenvalue weighted by atomic mass is 9.86. The normalized spacial score (nSPS) is 19.1. The number of carbonyl (C=O) groups is 1. The molecular weight excluding hydrogens is 339 g/mol. The zero-order valence-electron chi connectivity index (χ0n) is 15.8. The summed E-state index contributed by atoms with van der Waals surface area (Å²) in [6.45, 7) is 6.57. The topological polar surface area (TPSA) is 42.0 Å². The van der Waals surface area contributed by atoms with Crippen LogP contribution in [0, 0.1) is 5.92 Å². The molecule has 2 atom stereocenters. The summed E-state index contributed by atoms with van der Waals surface area (Å²) in [5, 5.41) is 3.73. The van der Waals surface area contributed by atoms with Gasteiger partial charge >= 0.3 is 0 Å². The summed E-state index contributed by atoms with van der Waals surface area (Å²) in [5.41, 5.74) is 4.92. The first kappa shape index (κ1) is 17.7. The highest BCUT2D eigenvalue weighted by Crippen LogP contribution is 2.36. The molecule has 1 saturated carbocycles. The number of hydrogen-bond acceptors (Lipinski definition) is 2. The van der Waals surface area contributed by atoms with Crippen LogP contribution in [0.25, 0.3) is 22.0 Å². The van der Waals surface area contributed by atoms with Gasteiger partial charge in [-0.05, 0) is 41.2 Å². The van der Waals surface area contributed by atoms with Crippen LogP contribution in [-0.2, 0) is 10.2 Å². The van der Waals surface area contributed by atoms with E-state index in [0.717, 1.165) is 22.0 Å². The summed E-state index contributed by atoms with van der Waals surface area (Å²) in [5.74, 6) is -0.767. The van der Waals surface area contributed by atoms with Crippen LogP contribution in [0.5, 0.6) is 0 Å². The summed E-state index contributed by atoms with van der Waals surface area (Å²) in [6.07, 6.45) is 1.16. The lowest BCUT2D eigenvalue weighted by Gasteiger charge is -2.19. The Balaban J connectivity index is 1.68. The van der Waals surface area contributed by atoms with Gasteiger partial charge < -0.3 is 5.32 Å². The van der Waals surface area contributed by atoms with Crippen molar-refractivity contribution in [2.75, 3.05) is 5.32 Å². The van der Waals surface area contributed by atoms with Crippen molar-refractivity contribution >= 4 is 22.5 Å². The van der Waals surface area contributed by atoms with Crippen molar-refractivity contribution in [2.45, 2.75) is 38.8 Å². The van der Waals surface area contributed by atoms with E-state index < -0.39 is 12.1 Å². The fourth-order valence-electron chi connectivity index (χ4n) is 3.24. The number of nitrogens with one attached hydrogen (secondary N) is 1. The van der Waals surface area contributed by atoms with Gasteiger partial charge in [-0.15, -0.1) is 0 Å². The van der Waals surface area contributed by atoms with E-state index in [2.05, 4.69) is 55.3 Å². The Morgan fingerprint density at radius 1 is 1.11 bits per heavy atom. The van der Waals surface area contributed by atoms with Crippen LogP contribution in [-0.4, -0.2) is 17.1 Å². The molecule has 1 N–H and O–H groups in total. The minimum atomic E-state index is -1.00. The average Bonchev–Trinajstić information content (AvgIpc) is 3.38. The molecule has 1 amide bonds. The molecule has 1 fully saturated rings. The third-order valence-corrected chi connectivity index (χ3v) is 5.12. The number of fused-ring (bicyclic) bond motifs is 1. The van der Waals surface area contributed by atoms with Crippen molar-refractivity contribution < 1.29 is 9.18 Å². The Hall–Kier alpha value is -2.75. The first-order valence-electron chi connectivity index (χ1n) is 9.27. The van der Waals surface area contributed by atoms with Crippen LogP contribution >= 0.6 is 0 Å². The Bertz CT molecular complexity index is 1010. The molecule has 1 aliphatic carbocycles. The summed E-state index contributed by atoms with van der Waals surface area (Å²) >= 11 is 0. The highest BCUT2D eigenvalue weighted by molar-refractivity contribution is 6.03. The lowest BCUT2D eigenvalue weighted by molar-refractivity contribution is -0.117. The molecule has 138 valence electrons. The maximum absolute atomic E-state index is 13.2. The van der Waals surface area contributed by atoms with Crippen molar-refractivity contribution in [1.29, 1.82) is 0 Å². The molecule has 0 aliphatic heterocycles. The third kappa shape index (κ3) is 3.57. The van der Waals surface area contributed by atoms with Gasteiger partial charge in [0.1, 0.15) is 6.17 Å². The highest BCUT2D eigenvalue weighted by Gasteiger charge is 2.43. The number of rotatable bonds is 3. The number of aromatic nitrogens is 1. The first-order chi connectivity index (χ1) is 12.8. The molecule has 0 bridgehead atoms. The number of pyridine rings is 1. The van der Waals surface area contributed by atoms with E-state index in [1.807, 2.05) is 30.5 Å². The summed E-state index contributed by atoms with van der Waals surface area (Å²) in [6, 6.07) is 16.1. The van der Waals surface area contributed by atoms with E-state index in [1.54, 1.807) is 0 Å². The molecule has 1 heterocycles. The molecule has 27 heavy (non-hydrogen) atoms. The Labute approximate surface area is 158 Å². The van der Waals surface area contributed by atoms with Gasteiger partial charge in [-0.2, -0.15) is 0 Å². The second-order valence-electron chi connectivity index (χ2n) is 8.27. The molecule has 0 spiro atoms. The number of nitrogens with zero attached hydrogens (tertiary/aromatic N) is 1. The van der Waals surface area contributed by atoms with Crippen molar-refractivity contribution in [3.63, 3.8) is 0 Å². The van der Waals surface area contributed by atoms with E-state index in [-0.39, 0.29) is 11.3 Å². The van der Waals surface area contributed by atoms with Crippen LogP contribution in [0.4, 0.5) is 10.1 Å². The van der Waals surface area contributed by atoms with Crippen molar-refractivity contribution in [1.82, 2.24) is 4.98 Å². The van der Waals surface area contributed by atoms with Crippen molar-refractivity contribution in [3.8, 4) is 11.1 Å². The number of alkyl halides is 1. The molecule has 4 rings (SSSR count). The van der Waals surface area contributed by atoms with Crippen LogP contribution in [0.15, 0.2) is 54.7 Å². The first-order valence-corrected chi connectivity index (χ1v) is 9.27. The zero-order chi connectivity index (χ0) is 19.2. The van der Waals surface area contributed by atoms with Crippen LogP contribution in [0.1, 0.15) is 32.8 Å². The molecule has 0 radical (unpaired) electrons. The molecular formula is C23H23FN2O. The fourth-order valence-corrected chi connectivity index (χ4v) is 3.24. The number of hydrogen-bond donors (Lipinski definition) is 1. The van der Waals surface area contributed by atoms with Crippen molar-refractivity contribution in [3.05, 3.63) is 60.3 Å². The largest absolute Gasteiger partial charge is 0.325 e. The SMILES string of the molecule is CC(C)(C)c1ccc(-c2cnc3cccc(NC(=O)C4CC4F)c3c2)cc1. The minimum Gasteiger partial charge on any atom is -0.325 e. The van der Waals surface area contributed by atoms with E-state index in [4.69, 9.17) is 0 Å². The predicted molar refractivity (Wildman–Crippen MR) is 108 cm³/mol. The van der Waals surface area contributed by atoms with Gasteiger partial charge in [-0.3, -0.25) is 9.78 Å². The zero-order valence-corrected chi connectivity index (χ0v) is 15.8. The monoisotopic (exact) mass is 362 g/mol. The van der Waals surface area contributed by atoms with Gasteiger partial charge in [0.2, 0.25) is 5.91 Å². The number of anilines is 1. The summed E-state index contributed by atoms with van der Waals surface area (Å²) in [7, 11) is 0. The highest BCUT2D eigenvalue weighted by atomic mass is 19.1. The molecule has 1 aromatic heterocycles. The molecule has 2 aromatic carbocycles. The molecule has 1 aliphatic rings. The van der Waals surface area contributed by atoms with Crippen LogP contribution < -0.4 is 5.32 Å². The average molecular weight is 362 g/mol. The number of carbonyl (C=O) groups excluding carboxylic acids is 1. The van der Waals surface area contributed by atoms with Gasteiger partial charge in [-0.25, -0.2) is 4.39 Å². The van der Waals surface area contributed by atoms with Crippen molar-refractivity contribution in [2.24, 2.45) is 5.92 Å². The second kappa shape index (κ2) is 6.45. The maximum atomic E-state index is 13.2. The molecule has 0 saturated heterocycles. The molecule has 4 heteroatoms. The van der Waals surface area contributed by atoms with E-state index in [9.17, 15) is 9.18 Å². The van der Waals surface area contributed by atoms with E-state index in [0.29, 0.717) is 12.1 Å². The van der Waals surface area contributed by atoms with Crippen LogP contribution in [0.3, 0.4) is 0 Å². The lowest BCUT2D eigenvalue weighted by Crippen LogP contribution is -2.15. The Morgan fingerprint density at radius 3 is 2.44 bits per heavy atom. The fraction of sp³-hybridized carbons (Fsp3) is 0.304. The summed E-state index contributed by atoms with van der Waals surface area (Å²) in [4.78, 5) is 16.7. The standard InChI is InChI=1S/C23H23FN2O/c1-23(2,3)16-9-7-14(8-10-16)15-11-18-20(25-13-15)5-4-6-21(18)26-22(27)17-12-19(17)24/h4-11,13,17,19H,12H2,1-3H3,(H,26,27). The number of amides is 1. The third-order valence-electron chi connectivity index (χ3n) is 5.12. The Morgan fingerprint density at radius 2 is 1.81 bits per heavy atom. The smallest absolute Gasteiger partial charge is 0.230 e. The molecule has 3 aromatic rings. The van der Waals surface area contributed by atoms with Gasteiger partial charge in [0.15, 0.2) is 0 Å². The van der Waals surface area contributed by atoms with Gasteiger partial charge in [0.05, 0.1) is 17.1 Å². The summed E-state index contributed by atoms with van der Waals surface area (Å²) < 4.78 is 13.2. The van der Waals surface area contributed by atoms with Gasteiger partial charge in [0.25, 0.3) is 0 Å². The molecule has 3 nitrogen and oxygen atoms in total. The maximum Gasteiger partial charge on any atom is 0.230 e. The Kier molecular flexibility index (Phi) is 4.22. The van der Waals surface area contributed by atoms with E-state index >= 15 is 0 Å².